The van der Waals surface area contributed by atoms with Crippen molar-refractivity contribution in [1.82, 2.24) is 4.90 Å². The normalized spacial score (nSPS) is 25.3. The van der Waals surface area contributed by atoms with Crippen LogP contribution in [0.1, 0.15) is 47.2 Å². The van der Waals surface area contributed by atoms with Crippen molar-refractivity contribution < 1.29 is 24.0 Å². The van der Waals surface area contributed by atoms with Crippen molar-refractivity contribution in [3.63, 3.8) is 0 Å². The summed E-state index contributed by atoms with van der Waals surface area (Å²) in [6.07, 6.45) is 1.69. The molecule has 3 aliphatic heterocycles. The molecule has 1 N–H and O–H groups in total. The molecule has 2 saturated heterocycles. The molecule has 3 aromatic carbocycles. The van der Waals surface area contributed by atoms with Gasteiger partial charge in [-0.15, -0.1) is 0 Å². The Bertz CT molecular complexity index is 1450. The number of rotatable bonds is 7. The second kappa shape index (κ2) is 9.50. The van der Waals surface area contributed by atoms with Gasteiger partial charge in [-0.1, -0.05) is 12.1 Å². The first-order valence-corrected chi connectivity index (χ1v) is 13.2. The van der Waals surface area contributed by atoms with E-state index in [1.807, 2.05) is 19.1 Å². The van der Waals surface area contributed by atoms with Crippen LogP contribution < -0.4 is 14.8 Å². The van der Waals surface area contributed by atoms with E-state index in [0.717, 1.165) is 24.0 Å². The number of fused-ring (bicyclic) bond motifs is 4. The van der Waals surface area contributed by atoms with Crippen molar-refractivity contribution in [3.05, 3.63) is 93.5 Å². The Balaban J connectivity index is 1.56. The number of Topliss-reactive ketones (excluding diaryl/α,β-unsaturated/α-hetero) is 1. The highest BCUT2D eigenvalue weighted by Gasteiger charge is 2.69. The predicted octanol–water partition coefficient (Wildman–Crippen LogP) is 4.91. The number of ketones is 1. The lowest BCUT2D eigenvalue weighted by Crippen LogP contribution is -2.52. The van der Waals surface area contributed by atoms with E-state index in [0.29, 0.717) is 35.9 Å². The zero-order valence-electron chi connectivity index (χ0n) is 21.8. The van der Waals surface area contributed by atoms with Gasteiger partial charge in [0.25, 0.3) is 5.69 Å². The number of ether oxygens (including phenoxy) is 2. The molecule has 1 spiro atoms. The Hall–Kier alpha value is -4.24. The number of nitro groups is 1. The fourth-order valence-electron chi connectivity index (χ4n) is 6.92. The predicted molar refractivity (Wildman–Crippen MR) is 144 cm³/mol. The summed E-state index contributed by atoms with van der Waals surface area (Å²) in [5.41, 5.74) is 1.43. The molecule has 0 saturated carbocycles. The van der Waals surface area contributed by atoms with Gasteiger partial charge in [0.1, 0.15) is 17.0 Å². The third kappa shape index (κ3) is 3.71. The molecule has 39 heavy (non-hydrogen) atoms. The fourth-order valence-corrected chi connectivity index (χ4v) is 6.92. The van der Waals surface area contributed by atoms with Crippen LogP contribution in [-0.4, -0.2) is 47.8 Å². The van der Waals surface area contributed by atoms with E-state index in [4.69, 9.17) is 9.47 Å². The molecule has 0 aliphatic carbocycles. The van der Waals surface area contributed by atoms with E-state index < -0.39 is 16.4 Å². The van der Waals surface area contributed by atoms with Crippen molar-refractivity contribution in [1.29, 1.82) is 0 Å². The SMILES string of the molecule is CCOc1ccc(C(=O)C2C(c3ccc([N+](=O)[O-])cc3)C3CCCN3[C@@]23C(=O)Nc2ccc(OC)cc23)cc1. The average molecular weight is 528 g/mol. The van der Waals surface area contributed by atoms with E-state index in [1.165, 1.54) is 12.1 Å². The summed E-state index contributed by atoms with van der Waals surface area (Å²) in [6.45, 7) is 3.07. The number of carbonyl (C=O) groups is 2. The molecule has 4 atom stereocenters. The van der Waals surface area contributed by atoms with Crippen molar-refractivity contribution in [2.24, 2.45) is 5.92 Å². The molecule has 3 unspecified atom stereocenters. The van der Waals surface area contributed by atoms with Gasteiger partial charge in [-0.3, -0.25) is 24.6 Å². The summed E-state index contributed by atoms with van der Waals surface area (Å²) in [4.78, 5) is 41.9. The lowest BCUT2D eigenvalue weighted by molar-refractivity contribution is -0.384. The summed E-state index contributed by atoms with van der Waals surface area (Å²) >= 11 is 0. The highest BCUT2D eigenvalue weighted by atomic mass is 16.6. The number of benzene rings is 3. The Kier molecular flexibility index (Phi) is 6.10. The van der Waals surface area contributed by atoms with Crippen LogP contribution in [-0.2, 0) is 10.3 Å². The highest BCUT2D eigenvalue weighted by Crippen LogP contribution is 2.61. The van der Waals surface area contributed by atoms with Crippen LogP contribution in [0, 0.1) is 16.0 Å². The van der Waals surface area contributed by atoms with Crippen molar-refractivity contribution in [2.75, 3.05) is 25.6 Å². The fraction of sp³-hybridized carbons (Fsp3) is 0.333. The molecule has 3 aliphatic rings. The van der Waals surface area contributed by atoms with E-state index in [9.17, 15) is 19.7 Å². The maximum atomic E-state index is 14.6. The zero-order chi connectivity index (χ0) is 27.3. The van der Waals surface area contributed by atoms with E-state index in [2.05, 4.69) is 10.2 Å². The maximum absolute atomic E-state index is 14.6. The molecule has 9 nitrogen and oxygen atoms in total. The number of nitrogens with zero attached hydrogens (tertiary/aromatic N) is 2. The summed E-state index contributed by atoms with van der Waals surface area (Å²) in [5, 5.41) is 14.4. The van der Waals surface area contributed by atoms with Gasteiger partial charge in [0.2, 0.25) is 5.91 Å². The van der Waals surface area contributed by atoms with Crippen LogP contribution in [0.3, 0.4) is 0 Å². The molecule has 0 radical (unpaired) electrons. The molecular formula is C30H29N3O6. The number of non-ortho nitro benzene ring substituents is 1. The average Bonchev–Trinajstić information content (AvgIpc) is 3.61. The van der Waals surface area contributed by atoms with Crippen LogP contribution >= 0.6 is 0 Å². The minimum absolute atomic E-state index is 0.0159. The van der Waals surface area contributed by atoms with E-state index >= 15 is 0 Å². The number of carbonyl (C=O) groups excluding carboxylic acids is 2. The summed E-state index contributed by atoms with van der Waals surface area (Å²) in [6, 6.07) is 18.8. The molecule has 6 rings (SSSR count). The third-order valence-corrected chi connectivity index (χ3v) is 8.43. The third-order valence-electron chi connectivity index (χ3n) is 8.43. The quantitative estimate of drug-likeness (QED) is 0.264. The molecule has 200 valence electrons. The van der Waals surface area contributed by atoms with Gasteiger partial charge in [0, 0.05) is 40.9 Å². The summed E-state index contributed by atoms with van der Waals surface area (Å²) in [5.74, 6) is -0.235. The van der Waals surface area contributed by atoms with Gasteiger partial charge < -0.3 is 14.8 Å². The van der Waals surface area contributed by atoms with Crippen LogP contribution in [0.2, 0.25) is 0 Å². The minimum atomic E-state index is -1.24. The lowest BCUT2D eigenvalue weighted by atomic mass is 9.68. The molecule has 3 aromatic rings. The number of anilines is 1. The van der Waals surface area contributed by atoms with Crippen LogP contribution in [0.25, 0.3) is 0 Å². The Morgan fingerprint density at radius 3 is 2.49 bits per heavy atom. The smallest absolute Gasteiger partial charge is 0.269 e. The summed E-state index contributed by atoms with van der Waals surface area (Å²) in [7, 11) is 1.58. The standard InChI is InChI=1S/C30H29N3O6/c1-3-39-21-12-8-19(9-13-21)28(34)27-26(18-6-10-20(11-7-18)33(36)37)25-5-4-16-32(25)30(27)23-17-22(38-2)14-15-24(23)31-29(30)35/h6-15,17,25-27H,3-5,16H2,1-2H3,(H,31,35)/t25?,26?,27?,30-/m1/s1. The monoisotopic (exact) mass is 527 g/mol. The first kappa shape index (κ1) is 25.1. The highest BCUT2D eigenvalue weighted by molar-refractivity contribution is 6.12. The van der Waals surface area contributed by atoms with E-state index in [-0.39, 0.29) is 29.3 Å². The molecule has 3 heterocycles. The van der Waals surface area contributed by atoms with Gasteiger partial charge >= 0.3 is 0 Å². The lowest BCUT2D eigenvalue weighted by Gasteiger charge is -2.37. The first-order valence-electron chi connectivity index (χ1n) is 13.2. The van der Waals surface area contributed by atoms with Crippen molar-refractivity contribution in [2.45, 2.75) is 37.3 Å². The number of hydrogen-bond donors (Lipinski definition) is 1. The first-order chi connectivity index (χ1) is 18.9. The van der Waals surface area contributed by atoms with Gasteiger partial charge in [0.05, 0.1) is 24.6 Å². The van der Waals surface area contributed by atoms with Gasteiger partial charge in [-0.05, 0) is 74.3 Å². The van der Waals surface area contributed by atoms with Crippen LogP contribution in [0.15, 0.2) is 66.7 Å². The second-order valence-electron chi connectivity index (χ2n) is 10.2. The van der Waals surface area contributed by atoms with Gasteiger partial charge in [0.15, 0.2) is 5.78 Å². The number of methoxy groups -OCH3 is 1. The molecule has 1 amide bonds. The Morgan fingerprint density at radius 2 is 1.82 bits per heavy atom. The van der Waals surface area contributed by atoms with Crippen LogP contribution in [0.5, 0.6) is 11.5 Å². The molecular weight excluding hydrogens is 498 g/mol. The van der Waals surface area contributed by atoms with Gasteiger partial charge in [-0.25, -0.2) is 0 Å². The Morgan fingerprint density at radius 1 is 1.10 bits per heavy atom. The number of nitrogens with one attached hydrogen (secondary N) is 1. The molecule has 2 fully saturated rings. The summed E-state index contributed by atoms with van der Waals surface area (Å²) < 4.78 is 11.1. The largest absolute Gasteiger partial charge is 0.497 e. The molecule has 9 heteroatoms. The van der Waals surface area contributed by atoms with Crippen molar-refractivity contribution in [3.8, 4) is 11.5 Å². The van der Waals surface area contributed by atoms with Gasteiger partial charge in [-0.2, -0.15) is 0 Å². The maximum Gasteiger partial charge on any atom is 0.269 e. The van der Waals surface area contributed by atoms with Crippen LogP contribution in [0.4, 0.5) is 11.4 Å². The number of amides is 1. The minimum Gasteiger partial charge on any atom is -0.497 e. The molecule has 0 bridgehead atoms. The van der Waals surface area contributed by atoms with Crippen molar-refractivity contribution >= 4 is 23.1 Å². The topological polar surface area (TPSA) is 111 Å². The number of hydrogen-bond acceptors (Lipinski definition) is 7. The zero-order valence-corrected chi connectivity index (χ0v) is 21.8. The second-order valence-corrected chi connectivity index (χ2v) is 10.2. The number of nitro benzene ring substituents is 1. The Labute approximate surface area is 225 Å². The van der Waals surface area contributed by atoms with E-state index in [1.54, 1.807) is 49.6 Å². The molecule has 0 aromatic heterocycles.